The van der Waals surface area contributed by atoms with Crippen LogP contribution < -0.4 is 4.90 Å². The predicted octanol–water partition coefficient (Wildman–Crippen LogP) is 4.82. The van der Waals surface area contributed by atoms with Crippen molar-refractivity contribution in [2.24, 2.45) is 0 Å². The lowest BCUT2D eigenvalue weighted by molar-refractivity contribution is 0.0993. The molecule has 0 atom stereocenters. The Balaban J connectivity index is 1.84. The van der Waals surface area contributed by atoms with E-state index in [1.807, 2.05) is 95.7 Å². The standard InChI is InChI=1S/C23H19N3O/c1-25(19-13-7-3-8-14-19)23(27)21-17-24-26(20-15-9-4-10-16-20)22(21)18-11-5-2-6-12-18/h2-17H,1H3. The van der Waals surface area contributed by atoms with Gasteiger partial charge in [-0.05, 0) is 24.3 Å². The second kappa shape index (κ2) is 7.30. The van der Waals surface area contributed by atoms with Crippen LogP contribution in [0.15, 0.2) is 97.2 Å². The fourth-order valence-corrected chi connectivity index (χ4v) is 3.09. The molecule has 0 radical (unpaired) electrons. The van der Waals surface area contributed by atoms with Gasteiger partial charge in [-0.15, -0.1) is 0 Å². The number of rotatable bonds is 4. The molecule has 4 nitrogen and oxygen atoms in total. The van der Waals surface area contributed by atoms with Crippen LogP contribution in [-0.2, 0) is 0 Å². The Kier molecular flexibility index (Phi) is 4.54. The van der Waals surface area contributed by atoms with Crippen LogP contribution in [0.3, 0.4) is 0 Å². The molecular weight excluding hydrogens is 334 g/mol. The van der Waals surface area contributed by atoms with Crippen molar-refractivity contribution >= 4 is 11.6 Å². The molecule has 0 bridgehead atoms. The Morgan fingerprint density at radius 2 is 1.37 bits per heavy atom. The number of benzene rings is 3. The molecule has 0 unspecified atom stereocenters. The third-order valence-corrected chi connectivity index (χ3v) is 4.50. The van der Waals surface area contributed by atoms with Crippen molar-refractivity contribution in [1.29, 1.82) is 0 Å². The maximum absolute atomic E-state index is 13.3. The topological polar surface area (TPSA) is 38.1 Å². The van der Waals surface area contributed by atoms with Gasteiger partial charge in [0.2, 0.25) is 0 Å². The number of anilines is 1. The second-order valence-corrected chi connectivity index (χ2v) is 6.22. The molecular formula is C23H19N3O. The summed E-state index contributed by atoms with van der Waals surface area (Å²) in [6, 6.07) is 29.3. The summed E-state index contributed by atoms with van der Waals surface area (Å²) in [4.78, 5) is 14.9. The fourth-order valence-electron chi connectivity index (χ4n) is 3.09. The van der Waals surface area contributed by atoms with Gasteiger partial charge in [0.1, 0.15) is 0 Å². The average molecular weight is 353 g/mol. The highest BCUT2D eigenvalue weighted by molar-refractivity contribution is 6.09. The molecule has 27 heavy (non-hydrogen) atoms. The fraction of sp³-hybridized carbons (Fsp3) is 0.0435. The monoisotopic (exact) mass is 353 g/mol. The van der Waals surface area contributed by atoms with Crippen molar-refractivity contribution in [1.82, 2.24) is 9.78 Å². The van der Waals surface area contributed by atoms with Crippen LogP contribution in [0, 0.1) is 0 Å². The Labute approximate surface area is 158 Å². The largest absolute Gasteiger partial charge is 0.311 e. The van der Waals surface area contributed by atoms with Crippen LogP contribution in [0.25, 0.3) is 16.9 Å². The van der Waals surface area contributed by atoms with E-state index >= 15 is 0 Å². The van der Waals surface area contributed by atoms with Gasteiger partial charge < -0.3 is 4.90 Å². The molecule has 3 aromatic carbocycles. The van der Waals surface area contributed by atoms with Crippen LogP contribution in [0.1, 0.15) is 10.4 Å². The highest BCUT2D eigenvalue weighted by atomic mass is 16.2. The molecule has 4 aromatic rings. The van der Waals surface area contributed by atoms with Gasteiger partial charge in [-0.3, -0.25) is 4.79 Å². The first-order valence-corrected chi connectivity index (χ1v) is 8.77. The Morgan fingerprint density at radius 3 is 2.00 bits per heavy atom. The minimum atomic E-state index is -0.0952. The smallest absolute Gasteiger partial charge is 0.261 e. The lowest BCUT2D eigenvalue weighted by Crippen LogP contribution is -2.26. The number of carbonyl (C=O) groups is 1. The van der Waals surface area contributed by atoms with Gasteiger partial charge in [-0.1, -0.05) is 66.7 Å². The van der Waals surface area contributed by atoms with E-state index in [9.17, 15) is 4.79 Å². The Hall–Kier alpha value is -3.66. The molecule has 1 amide bonds. The lowest BCUT2D eigenvalue weighted by atomic mass is 10.1. The first-order chi connectivity index (χ1) is 13.3. The van der Waals surface area contributed by atoms with Crippen LogP contribution in [0.2, 0.25) is 0 Å². The van der Waals surface area contributed by atoms with E-state index in [4.69, 9.17) is 0 Å². The quantitative estimate of drug-likeness (QED) is 0.528. The van der Waals surface area contributed by atoms with Gasteiger partial charge in [0.25, 0.3) is 5.91 Å². The molecule has 4 heteroatoms. The molecule has 0 saturated carbocycles. The molecule has 0 aliphatic rings. The molecule has 0 aliphatic heterocycles. The Morgan fingerprint density at radius 1 is 0.815 bits per heavy atom. The van der Waals surface area contributed by atoms with Gasteiger partial charge >= 0.3 is 0 Å². The van der Waals surface area contributed by atoms with Gasteiger partial charge in [-0.2, -0.15) is 5.10 Å². The van der Waals surface area contributed by atoms with Crippen LogP contribution in [0.5, 0.6) is 0 Å². The zero-order valence-electron chi connectivity index (χ0n) is 15.0. The molecule has 0 spiro atoms. The van der Waals surface area contributed by atoms with Gasteiger partial charge in [0, 0.05) is 18.3 Å². The summed E-state index contributed by atoms with van der Waals surface area (Å²) in [5, 5.41) is 4.53. The predicted molar refractivity (Wildman–Crippen MR) is 108 cm³/mol. The number of amides is 1. The summed E-state index contributed by atoms with van der Waals surface area (Å²) in [5.41, 5.74) is 4.06. The van der Waals surface area contributed by atoms with E-state index in [2.05, 4.69) is 5.10 Å². The van der Waals surface area contributed by atoms with E-state index in [0.29, 0.717) is 5.56 Å². The van der Waals surface area contributed by atoms with Crippen molar-refractivity contribution in [3.63, 3.8) is 0 Å². The first kappa shape index (κ1) is 16.8. The number of carbonyl (C=O) groups excluding carboxylic acids is 1. The first-order valence-electron chi connectivity index (χ1n) is 8.77. The highest BCUT2D eigenvalue weighted by Gasteiger charge is 2.23. The zero-order valence-corrected chi connectivity index (χ0v) is 15.0. The molecule has 0 fully saturated rings. The minimum absolute atomic E-state index is 0.0952. The SMILES string of the molecule is CN(C(=O)c1cnn(-c2ccccc2)c1-c1ccccc1)c1ccccc1. The number of para-hydroxylation sites is 2. The van der Waals surface area contributed by atoms with E-state index in [-0.39, 0.29) is 5.91 Å². The lowest BCUT2D eigenvalue weighted by Gasteiger charge is -2.18. The second-order valence-electron chi connectivity index (χ2n) is 6.22. The molecule has 1 heterocycles. The highest BCUT2D eigenvalue weighted by Crippen LogP contribution is 2.28. The molecule has 0 aliphatic carbocycles. The molecule has 132 valence electrons. The summed E-state index contributed by atoms with van der Waals surface area (Å²) in [6.45, 7) is 0. The molecule has 1 aromatic heterocycles. The molecule has 0 N–H and O–H groups in total. The number of nitrogens with zero attached hydrogens (tertiary/aromatic N) is 3. The van der Waals surface area contributed by atoms with E-state index < -0.39 is 0 Å². The zero-order chi connectivity index (χ0) is 18.6. The molecule has 0 saturated heterocycles. The van der Waals surface area contributed by atoms with Crippen molar-refractivity contribution in [2.75, 3.05) is 11.9 Å². The van der Waals surface area contributed by atoms with E-state index in [1.54, 1.807) is 18.1 Å². The summed E-state index contributed by atoms with van der Waals surface area (Å²) in [6.07, 6.45) is 1.65. The number of aromatic nitrogens is 2. The number of hydrogen-bond acceptors (Lipinski definition) is 2. The van der Waals surface area contributed by atoms with Crippen molar-refractivity contribution in [3.8, 4) is 16.9 Å². The molecule has 4 rings (SSSR count). The van der Waals surface area contributed by atoms with Gasteiger partial charge in [0.05, 0.1) is 23.1 Å². The average Bonchev–Trinajstić information content (AvgIpc) is 3.19. The maximum Gasteiger partial charge on any atom is 0.261 e. The van der Waals surface area contributed by atoms with Crippen molar-refractivity contribution in [2.45, 2.75) is 0 Å². The Bertz CT molecular complexity index is 1040. The van der Waals surface area contributed by atoms with Crippen LogP contribution in [0.4, 0.5) is 5.69 Å². The van der Waals surface area contributed by atoms with Crippen molar-refractivity contribution < 1.29 is 4.79 Å². The summed E-state index contributed by atoms with van der Waals surface area (Å²) in [5.74, 6) is -0.0952. The van der Waals surface area contributed by atoms with Crippen LogP contribution >= 0.6 is 0 Å². The van der Waals surface area contributed by atoms with E-state index in [0.717, 1.165) is 22.6 Å². The van der Waals surface area contributed by atoms with Crippen molar-refractivity contribution in [3.05, 3.63) is 103 Å². The summed E-state index contributed by atoms with van der Waals surface area (Å²) < 4.78 is 1.82. The maximum atomic E-state index is 13.3. The van der Waals surface area contributed by atoms with E-state index in [1.165, 1.54) is 0 Å². The summed E-state index contributed by atoms with van der Waals surface area (Å²) in [7, 11) is 1.78. The number of hydrogen-bond donors (Lipinski definition) is 0. The third kappa shape index (κ3) is 3.25. The van der Waals surface area contributed by atoms with Gasteiger partial charge in [-0.25, -0.2) is 4.68 Å². The minimum Gasteiger partial charge on any atom is -0.311 e. The normalized spacial score (nSPS) is 10.6. The third-order valence-electron chi connectivity index (χ3n) is 4.50. The van der Waals surface area contributed by atoms with Gasteiger partial charge in [0.15, 0.2) is 0 Å². The summed E-state index contributed by atoms with van der Waals surface area (Å²) >= 11 is 0. The van der Waals surface area contributed by atoms with Crippen LogP contribution in [-0.4, -0.2) is 22.7 Å².